The van der Waals surface area contributed by atoms with Crippen molar-refractivity contribution in [1.29, 1.82) is 0 Å². The quantitative estimate of drug-likeness (QED) is 0.701. The zero-order chi connectivity index (χ0) is 22.2. The maximum absolute atomic E-state index is 13.2. The molecule has 3 heterocycles. The van der Waals surface area contributed by atoms with Crippen LogP contribution in [-0.2, 0) is 18.4 Å². The Kier molecular flexibility index (Phi) is 5.39. The third kappa shape index (κ3) is 3.97. The minimum atomic E-state index is -0.702. The van der Waals surface area contributed by atoms with Gasteiger partial charge >= 0.3 is 0 Å². The second kappa shape index (κ2) is 8.02. The van der Waals surface area contributed by atoms with Crippen LogP contribution in [-0.4, -0.2) is 43.9 Å². The molecule has 1 aromatic carbocycles. The van der Waals surface area contributed by atoms with Gasteiger partial charge in [0, 0.05) is 44.6 Å². The lowest BCUT2D eigenvalue weighted by molar-refractivity contribution is -0.127. The monoisotopic (exact) mass is 421 g/mol. The first kappa shape index (κ1) is 20.8. The number of hydrogen-bond acceptors (Lipinski definition) is 4. The Hall–Kier alpha value is -3.42. The fourth-order valence-electron chi connectivity index (χ4n) is 4.18. The number of fused-ring (bicyclic) bond motifs is 1. The van der Waals surface area contributed by atoms with Crippen LogP contribution >= 0.6 is 0 Å². The fourth-order valence-corrected chi connectivity index (χ4v) is 4.18. The topological polar surface area (TPSA) is 89.2 Å². The van der Waals surface area contributed by atoms with E-state index in [9.17, 15) is 14.4 Å². The molecule has 8 heteroatoms. The van der Waals surface area contributed by atoms with E-state index in [1.807, 2.05) is 29.7 Å². The molecule has 3 aromatic rings. The highest BCUT2D eigenvalue weighted by Crippen LogP contribution is 2.32. The molecule has 0 saturated carbocycles. The van der Waals surface area contributed by atoms with Crippen LogP contribution in [0.3, 0.4) is 0 Å². The van der Waals surface area contributed by atoms with Crippen molar-refractivity contribution in [2.75, 3.05) is 18.4 Å². The van der Waals surface area contributed by atoms with E-state index in [1.54, 1.807) is 30.5 Å². The van der Waals surface area contributed by atoms with Gasteiger partial charge in [-0.05, 0) is 51.0 Å². The second-order valence-corrected chi connectivity index (χ2v) is 8.45. The molecule has 31 heavy (non-hydrogen) atoms. The number of piperidine rings is 1. The number of aryl methyl sites for hydroxylation is 2. The van der Waals surface area contributed by atoms with Crippen LogP contribution in [0.1, 0.15) is 37.0 Å². The van der Waals surface area contributed by atoms with Gasteiger partial charge in [0.2, 0.25) is 11.5 Å². The number of aromatic nitrogens is 3. The largest absolute Gasteiger partial charge is 0.338 e. The summed E-state index contributed by atoms with van der Waals surface area (Å²) in [4.78, 5) is 43.9. The molecule has 0 spiro atoms. The van der Waals surface area contributed by atoms with Gasteiger partial charge in [0.15, 0.2) is 0 Å². The standard InChI is InChI=1S/C23H27N5O3/c1-4-27-15-24-18-12-17(7-8-19(18)27)25-22(31)23(2)10-5-11-28(14-23)21(30)16-6-9-20(29)26(3)13-16/h6-9,12-13,15H,4-5,10-11,14H2,1-3H3,(H,25,31). The van der Waals surface area contributed by atoms with Crippen molar-refractivity contribution in [2.45, 2.75) is 33.2 Å². The number of carbonyl (C=O) groups is 2. The molecule has 1 N–H and O–H groups in total. The van der Waals surface area contributed by atoms with Crippen molar-refractivity contribution in [1.82, 2.24) is 19.0 Å². The summed E-state index contributed by atoms with van der Waals surface area (Å²) in [6, 6.07) is 8.65. The summed E-state index contributed by atoms with van der Waals surface area (Å²) in [6.07, 6.45) is 4.77. The molecule has 0 aliphatic carbocycles. The number of hydrogen-bond donors (Lipinski definition) is 1. The molecule has 0 radical (unpaired) electrons. The van der Waals surface area contributed by atoms with Crippen molar-refractivity contribution in [3.8, 4) is 0 Å². The van der Waals surface area contributed by atoms with Crippen molar-refractivity contribution in [2.24, 2.45) is 12.5 Å². The van der Waals surface area contributed by atoms with E-state index >= 15 is 0 Å². The van der Waals surface area contributed by atoms with Crippen molar-refractivity contribution in [3.63, 3.8) is 0 Å². The Bertz CT molecular complexity index is 1210. The number of imidazole rings is 1. The second-order valence-electron chi connectivity index (χ2n) is 8.45. The van der Waals surface area contributed by atoms with Crippen LogP contribution in [0.5, 0.6) is 0 Å². The van der Waals surface area contributed by atoms with Gasteiger partial charge in [0.1, 0.15) is 0 Å². The molecule has 0 bridgehead atoms. The summed E-state index contributed by atoms with van der Waals surface area (Å²) >= 11 is 0. The van der Waals surface area contributed by atoms with E-state index in [4.69, 9.17) is 0 Å². The lowest BCUT2D eigenvalue weighted by atomic mass is 9.80. The number of amides is 2. The number of rotatable bonds is 4. The summed E-state index contributed by atoms with van der Waals surface area (Å²) in [5, 5.41) is 3.02. The van der Waals surface area contributed by atoms with Gasteiger partial charge in [-0.3, -0.25) is 14.4 Å². The molecular weight excluding hydrogens is 394 g/mol. The van der Waals surface area contributed by atoms with Gasteiger partial charge in [0.25, 0.3) is 5.91 Å². The number of benzene rings is 1. The van der Waals surface area contributed by atoms with Gasteiger partial charge in [-0.15, -0.1) is 0 Å². The minimum absolute atomic E-state index is 0.111. The SMILES string of the molecule is CCn1cnc2cc(NC(=O)C3(C)CCCN(C(=O)c4ccc(=O)n(C)c4)C3)ccc21. The summed E-state index contributed by atoms with van der Waals surface area (Å²) in [5.41, 5.74) is 2.13. The van der Waals surface area contributed by atoms with Crippen LogP contribution in [0.15, 0.2) is 47.7 Å². The molecule has 1 unspecified atom stereocenters. The molecule has 1 saturated heterocycles. The maximum atomic E-state index is 13.2. The average Bonchev–Trinajstić information content (AvgIpc) is 3.17. The van der Waals surface area contributed by atoms with E-state index in [1.165, 1.54) is 10.6 Å². The number of pyridine rings is 1. The van der Waals surface area contributed by atoms with E-state index < -0.39 is 5.41 Å². The van der Waals surface area contributed by atoms with Crippen molar-refractivity contribution >= 4 is 28.5 Å². The number of nitrogens with one attached hydrogen (secondary N) is 1. The normalized spacial score (nSPS) is 18.9. The lowest BCUT2D eigenvalue weighted by Crippen LogP contribution is -2.50. The summed E-state index contributed by atoms with van der Waals surface area (Å²) in [6.45, 7) is 5.70. The number of anilines is 1. The van der Waals surface area contributed by atoms with Crippen LogP contribution in [0.4, 0.5) is 5.69 Å². The highest BCUT2D eigenvalue weighted by Gasteiger charge is 2.39. The Morgan fingerprint density at radius 2 is 2.03 bits per heavy atom. The van der Waals surface area contributed by atoms with E-state index in [0.29, 0.717) is 30.8 Å². The van der Waals surface area contributed by atoms with Gasteiger partial charge in [-0.1, -0.05) is 0 Å². The molecule has 8 nitrogen and oxygen atoms in total. The van der Waals surface area contributed by atoms with Crippen molar-refractivity contribution in [3.05, 3.63) is 58.8 Å². The Morgan fingerprint density at radius 3 is 2.77 bits per heavy atom. The average molecular weight is 422 g/mol. The minimum Gasteiger partial charge on any atom is -0.338 e. The fraction of sp³-hybridized carbons (Fsp3) is 0.391. The Labute approximate surface area is 180 Å². The summed E-state index contributed by atoms with van der Waals surface area (Å²) < 4.78 is 3.44. The highest BCUT2D eigenvalue weighted by molar-refractivity contribution is 5.98. The predicted molar refractivity (Wildman–Crippen MR) is 119 cm³/mol. The third-order valence-electron chi connectivity index (χ3n) is 6.08. The first-order valence-electron chi connectivity index (χ1n) is 10.5. The van der Waals surface area contributed by atoms with Crippen LogP contribution < -0.4 is 10.9 Å². The number of nitrogens with zero attached hydrogens (tertiary/aromatic N) is 4. The highest BCUT2D eigenvalue weighted by atomic mass is 16.2. The lowest BCUT2D eigenvalue weighted by Gasteiger charge is -2.39. The maximum Gasteiger partial charge on any atom is 0.255 e. The van der Waals surface area contributed by atoms with Gasteiger partial charge < -0.3 is 19.4 Å². The Morgan fingerprint density at radius 1 is 1.23 bits per heavy atom. The van der Waals surface area contributed by atoms with E-state index in [2.05, 4.69) is 17.2 Å². The number of carbonyl (C=O) groups excluding carboxylic acids is 2. The van der Waals surface area contributed by atoms with Crippen LogP contribution in [0.2, 0.25) is 0 Å². The zero-order valence-electron chi connectivity index (χ0n) is 18.1. The molecular formula is C23H27N5O3. The first-order valence-corrected chi connectivity index (χ1v) is 10.5. The molecule has 1 aliphatic rings. The van der Waals surface area contributed by atoms with E-state index in [-0.39, 0.29) is 17.4 Å². The molecule has 2 aromatic heterocycles. The Balaban J connectivity index is 1.50. The van der Waals surface area contributed by atoms with Crippen LogP contribution in [0.25, 0.3) is 11.0 Å². The van der Waals surface area contributed by atoms with Crippen LogP contribution in [0, 0.1) is 5.41 Å². The third-order valence-corrected chi connectivity index (χ3v) is 6.08. The molecule has 162 valence electrons. The summed E-state index contributed by atoms with van der Waals surface area (Å²) in [7, 11) is 1.62. The molecule has 4 rings (SSSR count). The molecule has 2 amide bonds. The molecule has 1 atom stereocenters. The van der Waals surface area contributed by atoms with E-state index in [0.717, 1.165) is 24.0 Å². The smallest absolute Gasteiger partial charge is 0.255 e. The molecule has 1 fully saturated rings. The zero-order valence-corrected chi connectivity index (χ0v) is 18.1. The van der Waals surface area contributed by atoms with Gasteiger partial charge in [-0.2, -0.15) is 0 Å². The van der Waals surface area contributed by atoms with Gasteiger partial charge in [-0.25, -0.2) is 4.98 Å². The first-order chi connectivity index (χ1) is 14.8. The van der Waals surface area contributed by atoms with Gasteiger partial charge in [0.05, 0.1) is 28.3 Å². The predicted octanol–water partition coefficient (Wildman–Crippen LogP) is 2.64. The number of likely N-dealkylation sites (tertiary alicyclic amines) is 1. The summed E-state index contributed by atoms with van der Waals surface area (Å²) in [5.74, 6) is -0.277. The van der Waals surface area contributed by atoms with Crippen molar-refractivity contribution < 1.29 is 9.59 Å². The molecule has 1 aliphatic heterocycles.